The third-order valence-corrected chi connectivity index (χ3v) is 4.54. The number of carbonyl (C=O) groups is 2. The molecule has 0 heterocycles. The van der Waals surface area contributed by atoms with Crippen LogP contribution in [0.5, 0.6) is 0 Å². The Bertz CT molecular complexity index is 737. The summed E-state index contributed by atoms with van der Waals surface area (Å²) in [4.78, 5) is 24.6. The lowest BCUT2D eigenvalue weighted by molar-refractivity contribution is -0.118. The van der Waals surface area contributed by atoms with Crippen molar-refractivity contribution in [1.29, 1.82) is 0 Å². The molecule has 2 amide bonds. The zero-order valence-corrected chi connectivity index (χ0v) is 14.0. The molecule has 0 spiro atoms. The number of nitrogens with one attached hydrogen (secondary N) is 2. The SMILES string of the molecule is O=C(NCCCO)c1ccc(NC(=O)C2(c3ccccc3)CC2)cc1. The Balaban J connectivity index is 1.62. The monoisotopic (exact) mass is 338 g/mol. The predicted molar refractivity (Wildman–Crippen MR) is 96.5 cm³/mol. The Kier molecular flexibility index (Phi) is 5.14. The maximum Gasteiger partial charge on any atom is 0.251 e. The van der Waals surface area contributed by atoms with E-state index in [1.54, 1.807) is 24.3 Å². The van der Waals surface area contributed by atoms with Crippen molar-refractivity contribution in [1.82, 2.24) is 5.32 Å². The van der Waals surface area contributed by atoms with Gasteiger partial charge in [0.15, 0.2) is 0 Å². The lowest BCUT2D eigenvalue weighted by atomic mass is 9.95. The van der Waals surface area contributed by atoms with Crippen LogP contribution in [0.25, 0.3) is 0 Å². The van der Waals surface area contributed by atoms with Crippen LogP contribution in [0.15, 0.2) is 54.6 Å². The van der Waals surface area contributed by atoms with Gasteiger partial charge in [-0.25, -0.2) is 0 Å². The molecule has 3 N–H and O–H groups in total. The van der Waals surface area contributed by atoms with Crippen molar-refractivity contribution in [3.63, 3.8) is 0 Å². The van der Waals surface area contributed by atoms with E-state index in [1.165, 1.54) is 0 Å². The van der Waals surface area contributed by atoms with Gasteiger partial charge in [0, 0.05) is 24.4 Å². The van der Waals surface area contributed by atoms with Gasteiger partial charge < -0.3 is 15.7 Å². The van der Waals surface area contributed by atoms with Crippen molar-refractivity contribution in [2.24, 2.45) is 0 Å². The fourth-order valence-corrected chi connectivity index (χ4v) is 2.87. The second-order valence-electron chi connectivity index (χ2n) is 6.31. The van der Waals surface area contributed by atoms with Gasteiger partial charge in [-0.05, 0) is 49.1 Å². The van der Waals surface area contributed by atoms with E-state index in [2.05, 4.69) is 10.6 Å². The van der Waals surface area contributed by atoms with Crippen LogP contribution in [0.1, 0.15) is 35.2 Å². The van der Waals surface area contributed by atoms with Crippen LogP contribution in [0, 0.1) is 0 Å². The van der Waals surface area contributed by atoms with Crippen molar-refractivity contribution < 1.29 is 14.7 Å². The highest BCUT2D eigenvalue weighted by Crippen LogP contribution is 2.48. The summed E-state index contributed by atoms with van der Waals surface area (Å²) in [6.07, 6.45) is 2.24. The molecular weight excluding hydrogens is 316 g/mol. The summed E-state index contributed by atoms with van der Waals surface area (Å²) >= 11 is 0. The van der Waals surface area contributed by atoms with Gasteiger partial charge in [-0.2, -0.15) is 0 Å². The molecule has 0 atom stereocenters. The quantitative estimate of drug-likeness (QED) is 0.679. The average molecular weight is 338 g/mol. The first kappa shape index (κ1) is 17.2. The van der Waals surface area contributed by atoms with Crippen LogP contribution >= 0.6 is 0 Å². The van der Waals surface area contributed by atoms with Gasteiger partial charge in [0.2, 0.25) is 5.91 Å². The fraction of sp³-hybridized carbons (Fsp3) is 0.300. The number of hydrogen-bond acceptors (Lipinski definition) is 3. The largest absolute Gasteiger partial charge is 0.396 e. The van der Waals surface area contributed by atoms with Gasteiger partial charge in [-0.1, -0.05) is 30.3 Å². The van der Waals surface area contributed by atoms with Crippen LogP contribution in [-0.4, -0.2) is 30.1 Å². The fourth-order valence-electron chi connectivity index (χ4n) is 2.87. The third-order valence-electron chi connectivity index (χ3n) is 4.54. The standard InChI is InChI=1S/C20H22N2O3/c23-14-4-13-21-18(24)15-7-9-17(10-8-15)22-19(25)20(11-12-20)16-5-2-1-3-6-16/h1-3,5-10,23H,4,11-14H2,(H,21,24)(H,22,25). The zero-order valence-electron chi connectivity index (χ0n) is 14.0. The van der Waals surface area contributed by atoms with Gasteiger partial charge in [-0.15, -0.1) is 0 Å². The normalized spacial score (nSPS) is 14.6. The van der Waals surface area contributed by atoms with Gasteiger partial charge in [0.1, 0.15) is 0 Å². The maximum absolute atomic E-state index is 12.7. The lowest BCUT2D eigenvalue weighted by Crippen LogP contribution is -2.28. The highest BCUT2D eigenvalue weighted by atomic mass is 16.3. The Morgan fingerprint density at radius 3 is 2.28 bits per heavy atom. The van der Waals surface area contributed by atoms with Crippen LogP contribution in [0.2, 0.25) is 0 Å². The summed E-state index contributed by atoms with van der Waals surface area (Å²) in [5.41, 5.74) is 1.84. The number of aliphatic hydroxyl groups excluding tert-OH is 1. The van der Waals surface area contributed by atoms with E-state index in [-0.39, 0.29) is 18.4 Å². The molecule has 1 fully saturated rings. The number of benzene rings is 2. The first-order valence-corrected chi connectivity index (χ1v) is 8.52. The van der Waals surface area contributed by atoms with Gasteiger partial charge in [0.05, 0.1) is 5.41 Å². The molecule has 1 aliphatic rings. The number of carbonyl (C=O) groups excluding carboxylic acids is 2. The van der Waals surface area contributed by atoms with Gasteiger partial charge >= 0.3 is 0 Å². The Hall–Kier alpha value is -2.66. The molecule has 2 aromatic rings. The maximum atomic E-state index is 12.7. The van der Waals surface area contributed by atoms with Crippen molar-refractivity contribution in [3.8, 4) is 0 Å². The van der Waals surface area contributed by atoms with Crippen LogP contribution in [-0.2, 0) is 10.2 Å². The van der Waals surface area contributed by atoms with Crippen LogP contribution in [0.4, 0.5) is 5.69 Å². The highest BCUT2D eigenvalue weighted by molar-refractivity contribution is 6.02. The lowest BCUT2D eigenvalue weighted by Gasteiger charge is -2.16. The van der Waals surface area contributed by atoms with E-state index in [0.29, 0.717) is 24.2 Å². The van der Waals surface area contributed by atoms with E-state index in [4.69, 9.17) is 5.11 Å². The summed E-state index contributed by atoms with van der Waals surface area (Å²) in [7, 11) is 0. The average Bonchev–Trinajstić information content (AvgIpc) is 3.45. The van der Waals surface area contributed by atoms with Crippen molar-refractivity contribution in [3.05, 3.63) is 65.7 Å². The molecular formula is C20H22N2O3. The minimum Gasteiger partial charge on any atom is -0.396 e. The minimum absolute atomic E-state index is 0.00107. The Morgan fingerprint density at radius 2 is 1.68 bits per heavy atom. The van der Waals surface area contributed by atoms with Crippen molar-refractivity contribution in [2.75, 3.05) is 18.5 Å². The number of aliphatic hydroxyl groups is 1. The molecule has 0 aliphatic heterocycles. The first-order valence-electron chi connectivity index (χ1n) is 8.52. The van der Waals surface area contributed by atoms with E-state index >= 15 is 0 Å². The highest BCUT2D eigenvalue weighted by Gasteiger charge is 2.51. The molecule has 0 unspecified atom stereocenters. The molecule has 0 aromatic heterocycles. The molecule has 5 heteroatoms. The zero-order chi connectivity index (χ0) is 17.7. The molecule has 0 radical (unpaired) electrons. The van der Waals surface area contributed by atoms with Crippen LogP contribution in [0.3, 0.4) is 0 Å². The number of anilines is 1. The van der Waals surface area contributed by atoms with E-state index in [9.17, 15) is 9.59 Å². The molecule has 5 nitrogen and oxygen atoms in total. The second kappa shape index (κ2) is 7.49. The van der Waals surface area contributed by atoms with Gasteiger partial charge in [0.25, 0.3) is 5.91 Å². The van der Waals surface area contributed by atoms with E-state index in [0.717, 1.165) is 18.4 Å². The predicted octanol–water partition coefficient (Wildman–Crippen LogP) is 2.47. The first-order chi connectivity index (χ1) is 12.2. The molecule has 25 heavy (non-hydrogen) atoms. The topological polar surface area (TPSA) is 78.4 Å². The summed E-state index contributed by atoms with van der Waals surface area (Å²) in [6.45, 7) is 0.488. The summed E-state index contributed by atoms with van der Waals surface area (Å²) in [6, 6.07) is 16.7. The van der Waals surface area contributed by atoms with Crippen molar-refractivity contribution in [2.45, 2.75) is 24.7 Å². The minimum atomic E-state index is -0.415. The van der Waals surface area contributed by atoms with Gasteiger partial charge in [-0.3, -0.25) is 9.59 Å². The molecule has 3 rings (SSSR count). The van der Waals surface area contributed by atoms with Crippen LogP contribution < -0.4 is 10.6 Å². The Labute approximate surface area is 147 Å². The molecule has 0 bridgehead atoms. The number of hydrogen-bond donors (Lipinski definition) is 3. The Morgan fingerprint density at radius 1 is 1.00 bits per heavy atom. The molecule has 1 saturated carbocycles. The molecule has 2 aromatic carbocycles. The number of rotatable bonds is 7. The summed E-state index contributed by atoms with van der Waals surface area (Å²) < 4.78 is 0. The second-order valence-corrected chi connectivity index (χ2v) is 6.31. The van der Waals surface area contributed by atoms with E-state index < -0.39 is 5.41 Å². The molecule has 0 saturated heterocycles. The summed E-state index contributed by atoms with van der Waals surface area (Å²) in [5, 5.41) is 14.4. The summed E-state index contributed by atoms with van der Waals surface area (Å²) in [5.74, 6) is -0.187. The molecule has 130 valence electrons. The smallest absolute Gasteiger partial charge is 0.251 e. The van der Waals surface area contributed by atoms with E-state index in [1.807, 2.05) is 30.3 Å². The third kappa shape index (κ3) is 3.88. The van der Waals surface area contributed by atoms with Crippen molar-refractivity contribution >= 4 is 17.5 Å². The number of amides is 2. The molecule has 1 aliphatic carbocycles.